The van der Waals surface area contributed by atoms with Crippen LogP contribution < -0.4 is 0 Å². The Bertz CT molecular complexity index is 8430. The lowest BCUT2D eigenvalue weighted by Crippen LogP contribution is -2.00. The normalized spacial score (nSPS) is 11.3. The summed E-state index contributed by atoms with van der Waals surface area (Å²) >= 11 is 0. The van der Waals surface area contributed by atoms with Gasteiger partial charge in [-0.2, -0.15) is 20.4 Å². The van der Waals surface area contributed by atoms with Gasteiger partial charge in [0.25, 0.3) is 0 Å². The third-order valence-corrected chi connectivity index (χ3v) is 23.8. The molecule has 26 rings (SSSR count). The summed E-state index contributed by atoms with van der Waals surface area (Å²) in [6.07, 6.45) is 0. The van der Waals surface area contributed by atoms with Crippen LogP contribution in [-0.2, 0) is 0 Å². The number of benzene rings is 14. The van der Waals surface area contributed by atoms with Crippen molar-refractivity contribution < 1.29 is 0 Å². The van der Waals surface area contributed by atoms with Crippen molar-refractivity contribution in [3.63, 3.8) is 0 Å². The summed E-state index contributed by atoms with van der Waals surface area (Å²) in [6.45, 7) is 0. The second-order valence-corrected chi connectivity index (χ2v) is 32.4. The number of nitrogens with zero attached hydrogens (tertiary/aromatic N) is 17. The Balaban J connectivity index is 0.000000101. The first-order valence-corrected chi connectivity index (χ1v) is 44.3. The molecule has 0 aliphatic rings. The van der Waals surface area contributed by atoms with Crippen molar-refractivity contribution in [2.24, 2.45) is 0 Å². The van der Waals surface area contributed by atoms with Crippen molar-refractivity contribution in [1.29, 1.82) is 0 Å². The Morgan fingerprint density at radius 3 is 0.769 bits per heavy atom. The van der Waals surface area contributed by atoms with Crippen LogP contribution >= 0.6 is 0 Å². The van der Waals surface area contributed by atoms with E-state index in [0.29, 0.717) is 40.6 Å². The van der Waals surface area contributed by atoms with E-state index in [1.54, 1.807) is 0 Å². The summed E-state index contributed by atoms with van der Waals surface area (Å²) in [5.74, 6) is 3.82. The largest absolute Gasteiger partial charge is 0.232 e. The molecule has 0 atom stereocenters. The van der Waals surface area contributed by atoms with Crippen LogP contribution in [-0.4, -0.2) is 83.3 Å². The molecule has 0 unspecified atom stereocenters. The highest BCUT2D eigenvalue weighted by atomic mass is 15.3. The van der Waals surface area contributed by atoms with Gasteiger partial charge in [-0.25, -0.2) is 62.9 Å². The molecule has 14 aromatic carbocycles. The van der Waals surface area contributed by atoms with E-state index in [0.717, 1.165) is 161 Å². The topological polar surface area (TPSA) is 185 Å². The molecule has 0 amide bonds. The second-order valence-electron chi connectivity index (χ2n) is 32.4. The molecule has 0 saturated heterocycles. The third-order valence-electron chi connectivity index (χ3n) is 23.8. The van der Waals surface area contributed by atoms with Gasteiger partial charge in [0.15, 0.2) is 34.9 Å². The summed E-state index contributed by atoms with van der Waals surface area (Å²) in [6, 6.07) is 159. The standard InChI is InChI=1S/C33H22N4.C31H20N4.C27H18N4.C26H17N5/c1-3-9-23(10-4-1)24-15-17-25(18-16-24)29-22-30(35-33(34-29)27-12-5-2-6-13-27)31-21-28-20-19-26-11-7-8-14-32(26)37(28)36-31;1-2-8-21(9-3-1)22-14-16-24(17-15-22)30-26-11-5-6-12-27(26)32-31(33-30)28-20-25-19-18-23-10-4-7-13-29(23)35(25)34-28;1-3-9-19(10-4-1)23-18-24(29-27(28-23)21-12-5-2-6-13-21)25-17-22-16-15-20-11-7-8-14-26(20)31(22)30-25;1-3-10-19(11-4-1)24-27-25(20-12-5-2-6-13-20)29-26(28-24)22-17-21-16-15-18-9-7-8-14-23(18)31(21)30-22/h1-22H;1-20H;1-18H;1-17H. The van der Waals surface area contributed by atoms with Crippen LogP contribution in [0.4, 0.5) is 0 Å². The van der Waals surface area contributed by atoms with Gasteiger partial charge in [-0.3, -0.25) is 0 Å². The van der Waals surface area contributed by atoms with Gasteiger partial charge in [-0.05, 0) is 113 Å². The highest BCUT2D eigenvalue weighted by molar-refractivity contribution is 5.95. The molecule has 0 spiro atoms. The lowest BCUT2D eigenvalue weighted by atomic mass is 10.0. The predicted octanol–water partition coefficient (Wildman–Crippen LogP) is 27.3. The lowest BCUT2D eigenvalue weighted by molar-refractivity contribution is 0.984. The molecule has 134 heavy (non-hydrogen) atoms. The molecule has 0 aliphatic heterocycles. The number of para-hydroxylation sites is 5. The third kappa shape index (κ3) is 16.3. The highest BCUT2D eigenvalue weighted by Crippen LogP contribution is 2.37. The molecule has 12 aromatic heterocycles. The van der Waals surface area contributed by atoms with Gasteiger partial charge < -0.3 is 0 Å². The van der Waals surface area contributed by atoms with Crippen molar-refractivity contribution in [1.82, 2.24) is 83.3 Å². The van der Waals surface area contributed by atoms with Gasteiger partial charge in [-0.15, -0.1) is 0 Å². The van der Waals surface area contributed by atoms with Crippen molar-refractivity contribution in [2.45, 2.75) is 0 Å². The summed E-state index contributed by atoms with van der Waals surface area (Å²) in [7, 11) is 0. The van der Waals surface area contributed by atoms with Gasteiger partial charge in [0.2, 0.25) is 0 Å². The summed E-state index contributed by atoms with van der Waals surface area (Å²) in [4.78, 5) is 43.9. The molecule has 0 fully saturated rings. The Labute approximate surface area is 769 Å². The Morgan fingerprint density at radius 2 is 0.396 bits per heavy atom. The number of hydrogen-bond acceptors (Lipinski definition) is 13. The zero-order chi connectivity index (χ0) is 89.0. The van der Waals surface area contributed by atoms with Crippen molar-refractivity contribution >= 4 is 76.6 Å². The van der Waals surface area contributed by atoms with Crippen LogP contribution in [0.2, 0.25) is 0 Å². The quantitative estimate of drug-likeness (QED) is 0.106. The predicted molar refractivity (Wildman–Crippen MR) is 539 cm³/mol. The van der Waals surface area contributed by atoms with E-state index in [4.69, 9.17) is 65.3 Å². The molecular weight excluding hydrogens is 1640 g/mol. The zero-order valence-electron chi connectivity index (χ0n) is 72.1. The van der Waals surface area contributed by atoms with Crippen LogP contribution in [0.5, 0.6) is 0 Å². The van der Waals surface area contributed by atoms with E-state index in [9.17, 15) is 0 Å². The molecule has 12 heterocycles. The fourth-order valence-electron chi connectivity index (χ4n) is 17.0. The maximum Gasteiger partial charge on any atom is 0.184 e. The molecule has 0 N–H and O–H groups in total. The van der Waals surface area contributed by atoms with Crippen LogP contribution in [0.1, 0.15) is 0 Å². The Kier molecular flexibility index (Phi) is 21.2. The smallest absolute Gasteiger partial charge is 0.184 e. The maximum absolute atomic E-state index is 5.03. The van der Waals surface area contributed by atoms with E-state index in [1.165, 1.54) is 22.3 Å². The maximum atomic E-state index is 5.03. The average molecular weight is 1720 g/mol. The van der Waals surface area contributed by atoms with E-state index < -0.39 is 0 Å². The molecule has 17 nitrogen and oxygen atoms in total. The van der Waals surface area contributed by atoms with Gasteiger partial charge in [-0.1, -0.05) is 376 Å². The summed E-state index contributed by atoms with van der Waals surface area (Å²) in [5.41, 5.74) is 28.4. The molecule has 0 saturated carbocycles. The van der Waals surface area contributed by atoms with E-state index in [2.05, 4.69) is 231 Å². The highest BCUT2D eigenvalue weighted by Gasteiger charge is 2.22. The van der Waals surface area contributed by atoms with Crippen LogP contribution in [0.25, 0.3) is 224 Å². The number of rotatable bonds is 13. The average Bonchev–Trinajstić information content (AvgIpc) is 1.67. The molecule has 630 valence electrons. The molecule has 0 aliphatic carbocycles. The lowest BCUT2D eigenvalue weighted by Gasteiger charge is -2.09. The van der Waals surface area contributed by atoms with Crippen molar-refractivity contribution in [2.75, 3.05) is 0 Å². The van der Waals surface area contributed by atoms with Gasteiger partial charge >= 0.3 is 0 Å². The van der Waals surface area contributed by atoms with Crippen molar-refractivity contribution in [3.05, 3.63) is 467 Å². The summed E-state index contributed by atoms with van der Waals surface area (Å²) in [5, 5.41) is 25.2. The molecule has 17 heteroatoms. The van der Waals surface area contributed by atoms with Gasteiger partial charge in [0, 0.05) is 65.9 Å². The van der Waals surface area contributed by atoms with Crippen LogP contribution in [0.3, 0.4) is 0 Å². The molecule has 0 bridgehead atoms. The summed E-state index contributed by atoms with van der Waals surface area (Å²) < 4.78 is 7.89. The minimum atomic E-state index is 0.556. The monoisotopic (exact) mass is 1720 g/mol. The number of aromatic nitrogens is 17. The second kappa shape index (κ2) is 35.6. The Morgan fingerprint density at radius 1 is 0.142 bits per heavy atom. The van der Waals surface area contributed by atoms with Gasteiger partial charge in [0.1, 0.15) is 22.8 Å². The molecule has 26 aromatic rings. The fourth-order valence-corrected chi connectivity index (χ4v) is 17.0. The fraction of sp³-hybridized carbons (Fsp3) is 0. The van der Waals surface area contributed by atoms with E-state index in [1.807, 2.05) is 255 Å². The number of pyridine rings is 4. The van der Waals surface area contributed by atoms with Crippen LogP contribution in [0.15, 0.2) is 467 Å². The van der Waals surface area contributed by atoms with E-state index in [-0.39, 0.29) is 0 Å². The number of fused-ring (bicyclic) bond motifs is 13. The molecule has 0 radical (unpaired) electrons. The first kappa shape index (κ1) is 80.0. The Hall–Kier alpha value is -18.6. The van der Waals surface area contributed by atoms with Crippen molar-refractivity contribution in [3.8, 4) is 147 Å². The van der Waals surface area contributed by atoms with Gasteiger partial charge in [0.05, 0.1) is 78.1 Å². The van der Waals surface area contributed by atoms with E-state index >= 15 is 0 Å². The SMILES string of the molecule is c1ccc(-c2cc(-c3cc4ccc5ccccc5n4n3)nc(-c3ccccc3)n2)cc1.c1ccc(-c2ccc(-c3cc(-c4cc5ccc6ccccc6n5n4)nc(-c4ccccc4)n3)cc2)cc1.c1ccc(-c2ccc(-c3nc(-c4cc5ccc6ccccc6n5n4)nc4ccccc34)cc2)cc1.c1ccc(-c2nc(-c3ccccc3)nc(-c3cc4ccc5ccccc5n4n3)n2)cc1. The number of hydrogen-bond donors (Lipinski definition) is 0. The zero-order valence-corrected chi connectivity index (χ0v) is 72.1. The molecular formula is C117H77N17. The minimum absolute atomic E-state index is 0.556. The minimum Gasteiger partial charge on any atom is -0.232 e. The first-order chi connectivity index (χ1) is 66.3. The van der Waals surface area contributed by atoms with Crippen LogP contribution in [0, 0.1) is 0 Å². The first-order valence-electron chi connectivity index (χ1n) is 44.3.